The molecule has 1 fully saturated rings. The lowest BCUT2D eigenvalue weighted by Crippen LogP contribution is -2.49. The summed E-state index contributed by atoms with van der Waals surface area (Å²) < 4.78 is 0. The van der Waals surface area contributed by atoms with E-state index in [1.54, 1.807) is 11.9 Å². The maximum absolute atomic E-state index is 12.6. The summed E-state index contributed by atoms with van der Waals surface area (Å²) in [4.78, 5) is 18.6. The Bertz CT molecular complexity index is 585. The van der Waals surface area contributed by atoms with Gasteiger partial charge in [0.2, 0.25) is 5.91 Å². The standard InChI is InChI=1S/C20H33N5O.HI/c1-21-19(23-15-9-14-22-17-10-5-4-6-11-17)24-16-20(12-7-8-13-20)18(26)25(2)3;/h4-6,10-11,22H,7-9,12-16H2,1-3H3,(H2,21,23,24);1H. The van der Waals surface area contributed by atoms with Crippen molar-refractivity contribution >= 4 is 41.5 Å². The first-order valence-electron chi connectivity index (χ1n) is 9.52. The third-order valence-electron chi connectivity index (χ3n) is 4.99. The summed E-state index contributed by atoms with van der Waals surface area (Å²) in [5, 5.41) is 10.1. The molecule has 0 saturated heterocycles. The highest BCUT2D eigenvalue weighted by Gasteiger charge is 2.42. The lowest BCUT2D eigenvalue weighted by atomic mass is 9.84. The van der Waals surface area contributed by atoms with Gasteiger partial charge in [-0.15, -0.1) is 24.0 Å². The van der Waals surface area contributed by atoms with Crippen molar-refractivity contribution in [2.45, 2.75) is 32.1 Å². The van der Waals surface area contributed by atoms with Crippen molar-refractivity contribution in [1.82, 2.24) is 15.5 Å². The molecule has 6 nitrogen and oxygen atoms in total. The SMILES string of the molecule is CN=C(NCCCNc1ccccc1)NCC1(C(=O)N(C)C)CCCC1.I. The minimum atomic E-state index is -0.282. The van der Waals surface area contributed by atoms with Gasteiger partial charge in [-0.25, -0.2) is 0 Å². The summed E-state index contributed by atoms with van der Waals surface area (Å²) >= 11 is 0. The Morgan fingerprint density at radius 2 is 1.78 bits per heavy atom. The summed E-state index contributed by atoms with van der Waals surface area (Å²) in [6.45, 7) is 2.37. The molecule has 3 N–H and O–H groups in total. The van der Waals surface area contributed by atoms with Crippen LogP contribution in [0.5, 0.6) is 0 Å². The third kappa shape index (κ3) is 7.20. The minimum absolute atomic E-state index is 0. The fourth-order valence-electron chi connectivity index (χ4n) is 3.55. The van der Waals surface area contributed by atoms with E-state index < -0.39 is 0 Å². The minimum Gasteiger partial charge on any atom is -0.385 e. The summed E-state index contributed by atoms with van der Waals surface area (Å²) in [6, 6.07) is 10.2. The van der Waals surface area contributed by atoms with E-state index in [2.05, 4.69) is 33.1 Å². The molecule has 0 spiro atoms. The van der Waals surface area contributed by atoms with Gasteiger partial charge in [0.1, 0.15) is 0 Å². The van der Waals surface area contributed by atoms with Crippen LogP contribution in [0.3, 0.4) is 0 Å². The highest BCUT2D eigenvalue weighted by Crippen LogP contribution is 2.38. The number of hydrogen-bond acceptors (Lipinski definition) is 3. The molecule has 1 aliphatic rings. The van der Waals surface area contributed by atoms with Crippen molar-refractivity contribution < 1.29 is 4.79 Å². The first-order chi connectivity index (χ1) is 12.6. The van der Waals surface area contributed by atoms with E-state index in [-0.39, 0.29) is 35.3 Å². The highest BCUT2D eigenvalue weighted by molar-refractivity contribution is 14.0. The van der Waals surface area contributed by atoms with Gasteiger partial charge in [-0.05, 0) is 31.4 Å². The molecule has 1 saturated carbocycles. The number of nitrogens with one attached hydrogen (secondary N) is 3. The number of halogens is 1. The number of para-hydroxylation sites is 1. The zero-order valence-corrected chi connectivity index (χ0v) is 19.1. The number of carbonyl (C=O) groups excluding carboxylic acids is 1. The fraction of sp³-hybridized carbons (Fsp3) is 0.600. The van der Waals surface area contributed by atoms with E-state index >= 15 is 0 Å². The summed E-state index contributed by atoms with van der Waals surface area (Å²) in [7, 11) is 5.46. The molecular weight excluding hydrogens is 453 g/mol. The van der Waals surface area contributed by atoms with E-state index in [1.807, 2.05) is 32.3 Å². The zero-order valence-electron chi connectivity index (χ0n) is 16.8. The molecule has 1 aliphatic carbocycles. The van der Waals surface area contributed by atoms with Gasteiger partial charge in [-0.3, -0.25) is 9.79 Å². The van der Waals surface area contributed by atoms with Crippen LogP contribution in [0.1, 0.15) is 32.1 Å². The summed E-state index contributed by atoms with van der Waals surface area (Å²) in [5.41, 5.74) is 0.857. The van der Waals surface area contributed by atoms with Crippen molar-refractivity contribution in [3.8, 4) is 0 Å². The quantitative estimate of drug-likeness (QED) is 0.228. The molecule has 2 rings (SSSR count). The number of rotatable bonds is 8. The Morgan fingerprint density at radius 1 is 1.11 bits per heavy atom. The number of nitrogens with zero attached hydrogens (tertiary/aromatic N) is 2. The Hall–Kier alpha value is -1.51. The van der Waals surface area contributed by atoms with Crippen LogP contribution in [-0.4, -0.2) is 57.5 Å². The molecular formula is C20H34IN5O. The molecule has 7 heteroatoms. The van der Waals surface area contributed by atoms with Crippen LogP contribution in [0.2, 0.25) is 0 Å². The number of carbonyl (C=O) groups is 1. The summed E-state index contributed by atoms with van der Waals surface area (Å²) in [5.74, 6) is 0.993. The second-order valence-corrected chi connectivity index (χ2v) is 7.19. The topological polar surface area (TPSA) is 68.8 Å². The van der Waals surface area contributed by atoms with E-state index in [9.17, 15) is 4.79 Å². The van der Waals surface area contributed by atoms with Gasteiger partial charge in [0.15, 0.2) is 5.96 Å². The lowest BCUT2D eigenvalue weighted by Gasteiger charge is -2.31. The first kappa shape index (κ1) is 23.5. The van der Waals surface area contributed by atoms with E-state index in [0.29, 0.717) is 6.54 Å². The largest absolute Gasteiger partial charge is 0.385 e. The average Bonchev–Trinajstić information content (AvgIpc) is 3.14. The van der Waals surface area contributed by atoms with Gasteiger partial charge in [-0.1, -0.05) is 31.0 Å². The van der Waals surface area contributed by atoms with Crippen LogP contribution in [0.15, 0.2) is 35.3 Å². The van der Waals surface area contributed by atoms with Crippen LogP contribution in [0.4, 0.5) is 5.69 Å². The van der Waals surface area contributed by atoms with Gasteiger partial charge < -0.3 is 20.9 Å². The number of aliphatic imine (C=N–C) groups is 1. The van der Waals surface area contributed by atoms with Gasteiger partial charge in [-0.2, -0.15) is 0 Å². The van der Waals surface area contributed by atoms with Gasteiger partial charge in [0.25, 0.3) is 0 Å². The fourth-order valence-corrected chi connectivity index (χ4v) is 3.55. The van der Waals surface area contributed by atoms with Crippen molar-refractivity contribution in [3.63, 3.8) is 0 Å². The molecule has 1 aromatic rings. The highest BCUT2D eigenvalue weighted by atomic mass is 127. The first-order valence-corrected chi connectivity index (χ1v) is 9.52. The second kappa shape index (κ2) is 12.0. The molecule has 0 bridgehead atoms. The van der Waals surface area contributed by atoms with E-state index in [0.717, 1.165) is 56.8 Å². The second-order valence-electron chi connectivity index (χ2n) is 7.19. The zero-order chi connectivity index (χ0) is 18.8. The Morgan fingerprint density at radius 3 is 2.37 bits per heavy atom. The molecule has 0 heterocycles. The predicted molar refractivity (Wildman–Crippen MR) is 124 cm³/mol. The average molecular weight is 487 g/mol. The number of guanidine groups is 1. The van der Waals surface area contributed by atoms with Gasteiger partial charge >= 0.3 is 0 Å². The molecule has 1 aromatic carbocycles. The van der Waals surface area contributed by atoms with Crippen molar-refractivity contribution in [1.29, 1.82) is 0 Å². The molecule has 27 heavy (non-hydrogen) atoms. The molecule has 0 atom stereocenters. The Balaban J connectivity index is 0.00000364. The molecule has 0 radical (unpaired) electrons. The Kier molecular flexibility index (Phi) is 10.5. The smallest absolute Gasteiger partial charge is 0.230 e. The number of benzene rings is 1. The van der Waals surface area contributed by atoms with E-state index in [1.165, 1.54) is 0 Å². The maximum atomic E-state index is 12.6. The van der Waals surface area contributed by atoms with Crippen molar-refractivity contribution in [3.05, 3.63) is 30.3 Å². The molecule has 0 aliphatic heterocycles. The monoisotopic (exact) mass is 487 g/mol. The summed E-state index contributed by atoms with van der Waals surface area (Å²) in [6.07, 6.45) is 5.14. The van der Waals surface area contributed by atoms with Gasteiger partial charge in [0, 0.05) is 46.5 Å². The third-order valence-corrected chi connectivity index (χ3v) is 4.99. The van der Waals surface area contributed by atoms with Crippen LogP contribution in [-0.2, 0) is 4.79 Å². The maximum Gasteiger partial charge on any atom is 0.230 e. The Labute approximate surface area is 180 Å². The van der Waals surface area contributed by atoms with Crippen molar-refractivity contribution in [2.75, 3.05) is 46.1 Å². The number of hydrogen-bond donors (Lipinski definition) is 3. The van der Waals surface area contributed by atoms with Crippen LogP contribution in [0, 0.1) is 5.41 Å². The van der Waals surface area contributed by atoms with E-state index in [4.69, 9.17) is 0 Å². The molecule has 0 unspecified atom stereocenters. The van der Waals surface area contributed by atoms with Crippen LogP contribution < -0.4 is 16.0 Å². The van der Waals surface area contributed by atoms with Gasteiger partial charge in [0.05, 0.1) is 5.41 Å². The van der Waals surface area contributed by atoms with Crippen molar-refractivity contribution in [2.24, 2.45) is 10.4 Å². The molecule has 1 amide bonds. The molecule has 152 valence electrons. The van der Waals surface area contributed by atoms with Crippen LogP contribution >= 0.6 is 24.0 Å². The van der Waals surface area contributed by atoms with Crippen LogP contribution in [0.25, 0.3) is 0 Å². The normalized spacial score (nSPS) is 15.6. The molecule has 0 aromatic heterocycles. The number of anilines is 1. The lowest BCUT2D eigenvalue weighted by molar-refractivity contribution is -0.138. The number of amides is 1. The predicted octanol–water partition coefficient (Wildman–Crippen LogP) is 2.92.